The van der Waals surface area contributed by atoms with Crippen LogP contribution >= 0.6 is 0 Å². The predicted molar refractivity (Wildman–Crippen MR) is 65.7 cm³/mol. The molecule has 1 saturated heterocycles. The van der Waals surface area contributed by atoms with Crippen LogP contribution in [0.4, 0.5) is 0 Å². The molecule has 1 atom stereocenters. The molecule has 1 unspecified atom stereocenters. The summed E-state index contributed by atoms with van der Waals surface area (Å²) in [7, 11) is 1.34. The number of rotatable bonds is 3. The lowest BCUT2D eigenvalue weighted by Gasteiger charge is -2.32. The standard InChI is InChI=1S/C13H17NO5/c1-9-11(3-5-18-9)13(16)14-4-6-19-10(8-14)7-12(15)17-2/h3,5,10H,4,6-8H2,1-2H3. The zero-order valence-corrected chi connectivity index (χ0v) is 11.0. The predicted octanol–water partition coefficient (Wildman–Crippen LogP) is 0.992. The minimum Gasteiger partial charge on any atom is -0.469 e. The molecule has 1 aromatic rings. The van der Waals surface area contributed by atoms with E-state index in [0.29, 0.717) is 31.0 Å². The third-order valence-electron chi connectivity index (χ3n) is 3.14. The van der Waals surface area contributed by atoms with Crippen molar-refractivity contribution < 1.29 is 23.5 Å². The summed E-state index contributed by atoms with van der Waals surface area (Å²) in [4.78, 5) is 25.2. The number of ether oxygens (including phenoxy) is 2. The van der Waals surface area contributed by atoms with Crippen molar-refractivity contribution in [3.8, 4) is 0 Å². The zero-order chi connectivity index (χ0) is 13.8. The number of methoxy groups -OCH3 is 1. The van der Waals surface area contributed by atoms with Crippen LogP contribution < -0.4 is 0 Å². The first-order chi connectivity index (χ1) is 9.11. The van der Waals surface area contributed by atoms with Crippen LogP contribution in [0.1, 0.15) is 22.5 Å². The minimum absolute atomic E-state index is 0.0931. The Labute approximate surface area is 111 Å². The van der Waals surface area contributed by atoms with Gasteiger partial charge in [-0.25, -0.2) is 0 Å². The molecule has 1 aliphatic rings. The van der Waals surface area contributed by atoms with Crippen molar-refractivity contribution in [3.63, 3.8) is 0 Å². The number of hydrogen-bond acceptors (Lipinski definition) is 5. The van der Waals surface area contributed by atoms with Crippen LogP contribution in [-0.2, 0) is 14.3 Å². The molecule has 6 heteroatoms. The Balaban J connectivity index is 1.99. The average Bonchev–Trinajstić information content (AvgIpc) is 2.84. The maximum absolute atomic E-state index is 12.3. The van der Waals surface area contributed by atoms with Gasteiger partial charge in [0.05, 0.1) is 38.1 Å². The van der Waals surface area contributed by atoms with Crippen molar-refractivity contribution >= 4 is 11.9 Å². The molecule has 1 fully saturated rings. The largest absolute Gasteiger partial charge is 0.469 e. The van der Waals surface area contributed by atoms with Gasteiger partial charge in [-0.1, -0.05) is 0 Å². The third kappa shape index (κ3) is 3.14. The molecule has 1 aliphatic heterocycles. The Morgan fingerprint density at radius 1 is 1.53 bits per heavy atom. The molecular weight excluding hydrogens is 250 g/mol. The topological polar surface area (TPSA) is 69.0 Å². The van der Waals surface area contributed by atoms with Crippen LogP contribution in [-0.4, -0.2) is 49.7 Å². The molecule has 0 N–H and O–H groups in total. The van der Waals surface area contributed by atoms with Crippen LogP contribution in [0.15, 0.2) is 16.7 Å². The minimum atomic E-state index is -0.334. The fourth-order valence-corrected chi connectivity index (χ4v) is 2.07. The lowest BCUT2D eigenvalue weighted by Crippen LogP contribution is -2.46. The van der Waals surface area contributed by atoms with Gasteiger partial charge in [-0.15, -0.1) is 0 Å². The maximum Gasteiger partial charge on any atom is 0.308 e. The van der Waals surface area contributed by atoms with Crippen molar-refractivity contribution in [2.24, 2.45) is 0 Å². The zero-order valence-electron chi connectivity index (χ0n) is 11.0. The first-order valence-corrected chi connectivity index (χ1v) is 6.13. The molecule has 0 aliphatic carbocycles. The van der Waals surface area contributed by atoms with Gasteiger partial charge in [0.15, 0.2) is 0 Å². The smallest absolute Gasteiger partial charge is 0.308 e. The van der Waals surface area contributed by atoms with Gasteiger partial charge in [0.25, 0.3) is 5.91 Å². The Morgan fingerprint density at radius 3 is 2.95 bits per heavy atom. The number of carbonyl (C=O) groups excluding carboxylic acids is 2. The van der Waals surface area contributed by atoms with E-state index in [9.17, 15) is 9.59 Å². The number of carbonyl (C=O) groups is 2. The molecule has 2 heterocycles. The summed E-state index contributed by atoms with van der Waals surface area (Å²) < 4.78 is 15.2. The number of aryl methyl sites for hydroxylation is 1. The highest BCUT2D eigenvalue weighted by Crippen LogP contribution is 2.16. The summed E-state index contributed by atoms with van der Waals surface area (Å²) in [5.74, 6) is 0.171. The van der Waals surface area contributed by atoms with E-state index in [0.717, 1.165) is 0 Å². The monoisotopic (exact) mass is 267 g/mol. The Kier molecular flexibility index (Phi) is 4.21. The third-order valence-corrected chi connectivity index (χ3v) is 3.14. The molecule has 0 radical (unpaired) electrons. The SMILES string of the molecule is COC(=O)CC1CN(C(=O)c2ccoc2C)CCO1. The molecule has 0 spiro atoms. The second-order valence-corrected chi connectivity index (χ2v) is 4.41. The molecule has 19 heavy (non-hydrogen) atoms. The fraction of sp³-hybridized carbons (Fsp3) is 0.538. The average molecular weight is 267 g/mol. The van der Waals surface area contributed by atoms with Crippen molar-refractivity contribution in [1.82, 2.24) is 4.90 Å². The highest BCUT2D eigenvalue weighted by molar-refractivity contribution is 5.95. The number of furan rings is 1. The summed E-state index contributed by atoms with van der Waals surface area (Å²) in [6, 6.07) is 1.66. The van der Waals surface area contributed by atoms with E-state index in [1.54, 1.807) is 17.9 Å². The lowest BCUT2D eigenvalue weighted by molar-refractivity contribution is -0.145. The van der Waals surface area contributed by atoms with Gasteiger partial charge >= 0.3 is 5.97 Å². The first kappa shape index (κ1) is 13.6. The van der Waals surface area contributed by atoms with E-state index in [2.05, 4.69) is 4.74 Å². The van der Waals surface area contributed by atoms with Crippen molar-refractivity contribution in [2.75, 3.05) is 26.8 Å². The number of morpholine rings is 1. The van der Waals surface area contributed by atoms with Gasteiger partial charge in [0, 0.05) is 13.1 Å². The van der Waals surface area contributed by atoms with Gasteiger partial charge in [0.2, 0.25) is 0 Å². The van der Waals surface area contributed by atoms with Gasteiger partial charge in [-0.2, -0.15) is 0 Å². The van der Waals surface area contributed by atoms with Crippen LogP contribution in [0, 0.1) is 6.92 Å². The number of esters is 1. The van der Waals surface area contributed by atoms with E-state index >= 15 is 0 Å². The molecule has 0 saturated carbocycles. The summed E-state index contributed by atoms with van der Waals surface area (Å²) in [5.41, 5.74) is 0.554. The van der Waals surface area contributed by atoms with Gasteiger partial charge in [-0.3, -0.25) is 9.59 Å². The second-order valence-electron chi connectivity index (χ2n) is 4.41. The highest BCUT2D eigenvalue weighted by atomic mass is 16.5. The summed E-state index contributed by atoms with van der Waals surface area (Å²) in [6.45, 7) is 3.07. The fourth-order valence-electron chi connectivity index (χ4n) is 2.07. The molecule has 0 bridgehead atoms. The molecule has 2 rings (SSSR count). The highest BCUT2D eigenvalue weighted by Gasteiger charge is 2.28. The number of nitrogens with zero attached hydrogens (tertiary/aromatic N) is 1. The Bertz CT molecular complexity index is 467. The van der Waals surface area contributed by atoms with E-state index < -0.39 is 0 Å². The first-order valence-electron chi connectivity index (χ1n) is 6.13. The van der Waals surface area contributed by atoms with Crippen LogP contribution in [0.2, 0.25) is 0 Å². The molecular formula is C13H17NO5. The number of hydrogen-bond donors (Lipinski definition) is 0. The quantitative estimate of drug-likeness (QED) is 0.764. The molecule has 1 amide bonds. The summed E-state index contributed by atoms with van der Waals surface area (Å²) in [5, 5.41) is 0. The van der Waals surface area contributed by atoms with Crippen molar-refractivity contribution in [1.29, 1.82) is 0 Å². The normalized spacial score (nSPS) is 19.3. The van der Waals surface area contributed by atoms with E-state index in [1.165, 1.54) is 13.4 Å². The van der Waals surface area contributed by atoms with Gasteiger partial charge in [-0.05, 0) is 13.0 Å². The lowest BCUT2D eigenvalue weighted by atomic mass is 10.1. The van der Waals surface area contributed by atoms with Crippen molar-refractivity contribution in [3.05, 3.63) is 23.7 Å². The summed E-state index contributed by atoms with van der Waals surface area (Å²) in [6.07, 6.45) is 1.34. The van der Waals surface area contributed by atoms with E-state index in [1.807, 2.05) is 0 Å². The maximum atomic E-state index is 12.3. The molecule has 104 valence electrons. The van der Waals surface area contributed by atoms with Gasteiger partial charge < -0.3 is 18.8 Å². The van der Waals surface area contributed by atoms with Crippen LogP contribution in [0.3, 0.4) is 0 Å². The molecule has 1 aromatic heterocycles. The van der Waals surface area contributed by atoms with Gasteiger partial charge in [0.1, 0.15) is 5.76 Å². The molecule has 6 nitrogen and oxygen atoms in total. The van der Waals surface area contributed by atoms with Crippen molar-refractivity contribution in [2.45, 2.75) is 19.4 Å². The van der Waals surface area contributed by atoms with E-state index in [4.69, 9.17) is 9.15 Å². The second kappa shape index (κ2) is 5.88. The van der Waals surface area contributed by atoms with Crippen LogP contribution in [0.25, 0.3) is 0 Å². The van der Waals surface area contributed by atoms with E-state index in [-0.39, 0.29) is 24.4 Å². The molecule has 0 aromatic carbocycles. The Morgan fingerprint density at radius 2 is 2.32 bits per heavy atom. The summed E-state index contributed by atoms with van der Waals surface area (Å²) >= 11 is 0. The number of amides is 1. The Hall–Kier alpha value is -1.82. The van der Waals surface area contributed by atoms with Crippen LogP contribution in [0.5, 0.6) is 0 Å².